The van der Waals surface area contributed by atoms with E-state index in [1.807, 2.05) is 37.3 Å². The van der Waals surface area contributed by atoms with Gasteiger partial charge in [0.1, 0.15) is 0 Å². The van der Waals surface area contributed by atoms with Gasteiger partial charge >= 0.3 is 0 Å². The highest BCUT2D eigenvalue weighted by atomic mass is 35.5. The van der Waals surface area contributed by atoms with E-state index in [1.54, 1.807) is 11.8 Å². The number of nitrogens with one attached hydrogen (secondary N) is 2. The lowest BCUT2D eigenvalue weighted by Gasteiger charge is -2.39. The van der Waals surface area contributed by atoms with E-state index in [0.29, 0.717) is 41.4 Å². The molecule has 1 saturated heterocycles. The second kappa shape index (κ2) is 10.3. The number of hydrogen-bond acceptors (Lipinski definition) is 4. The minimum atomic E-state index is -0.0797. The number of rotatable bonds is 7. The third-order valence-corrected chi connectivity index (χ3v) is 6.91. The van der Waals surface area contributed by atoms with Crippen molar-refractivity contribution in [2.75, 3.05) is 19.8 Å². The van der Waals surface area contributed by atoms with E-state index < -0.39 is 0 Å². The molecule has 3 unspecified atom stereocenters. The van der Waals surface area contributed by atoms with Crippen molar-refractivity contribution >= 4 is 41.3 Å². The summed E-state index contributed by atoms with van der Waals surface area (Å²) in [7, 11) is 0. The summed E-state index contributed by atoms with van der Waals surface area (Å²) >= 11 is 7.82. The Bertz CT molecular complexity index is 740. The van der Waals surface area contributed by atoms with Crippen LogP contribution in [0.4, 0.5) is 0 Å². The maximum atomic E-state index is 12.6. The summed E-state index contributed by atoms with van der Waals surface area (Å²) in [4.78, 5) is 25.7. The van der Waals surface area contributed by atoms with Crippen LogP contribution >= 0.6 is 23.4 Å². The predicted octanol–water partition coefficient (Wildman–Crippen LogP) is 3.62. The van der Waals surface area contributed by atoms with Crippen LogP contribution in [0.25, 0.3) is 6.08 Å². The molecule has 2 amide bonds. The zero-order valence-electron chi connectivity index (χ0n) is 16.1. The summed E-state index contributed by atoms with van der Waals surface area (Å²) in [6, 6.07) is 7.54. The van der Waals surface area contributed by atoms with Crippen molar-refractivity contribution < 1.29 is 14.3 Å². The summed E-state index contributed by atoms with van der Waals surface area (Å²) in [5.41, 5.74) is 0.848. The predicted molar refractivity (Wildman–Crippen MR) is 114 cm³/mol. The lowest BCUT2D eigenvalue weighted by atomic mass is 9.84. The molecule has 2 N–H and O–H groups in total. The Kier molecular flexibility index (Phi) is 7.82. The number of fused-ring (bicyclic) bond motifs is 1. The van der Waals surface area contributed by atoms with Crippen molar-refractivity contribution in [1.82, 2.24) is 10.6 Å². The topological polar surface area (TPSA) is 67.4 Å². The SMILES string of the molecule is CCOCCCNC(=O)C1CCC2S/C(=C/c3ccccc3Cl)C(=O)NC2C1. The van der Waals surface area contributed by atoms with Gasteiger partial charge < -0.3 is 15.4 Å². The molecule has 0 spiro atoms. The molecule has 3 atom stereocenters. The average molecular weight is 423 g/mol. The van der Waals surface area contributed by atoms with Crippen molar-refractivity contribution in [3.05, 3.63) is 39.8 Å². The van der Waals surface area contributed by atoms with Crippen LogP contribution in [0.5, 0.6) is 0 Å². The van der Waals surface area contributed by atoms with Crippen LogP contribution in [0.2, 0.25) is 5.02 Å². The molecule has 1 heterocycles. The quantitative estimate of drug-likeness (QED) is 0.520. The Hall–Kier alpha value is -1.50. The molecule has 152 valence electrons. The highest BCUT2D eigenvalue weighted by Gasteiger charge is 2.39. The first-order chi connectivity index (χ1) is 13.6. The van der Waals surface area contributed by atoms with Crippen LogP contribution in [0.15, 0.2) is 29.2 Å². The molecule has 0 radical (unpaired) electrons. The summed E-state index contributed by atoms with van der Waals surface area (Å²) in [5.74, 6) is -0.0288. The molecule has 28 heavy (non-hydrogen) atoms. The molecule has 1 aliphatic carbocycles. The second-order valence-corrected chi connectivity index (χ2v) is 8.81. The maximum absolute atomic E-state index is 12.6. The van der Waals surface area contributed by atoms with Gasteiger partial charge in [-0.2, -0.15) is 0 Å². The van der Waals surface area contributed by atoms with Gasteiger partial charge in [0.15, 0.2) is 0 Å². The Morgan fingerprint density at radius 2 is 2.21 bits per heavy atom. The van der Waals surface area contributed by atoms with Gasteiger partial charge in [0, 0.05) is 42.0 Å². The van der Waals surface area contributed by atoms with E-state index >= 15 is 0 Å². The fraction of sp³-hybridized carbons (Fsp3) is 0.524. The zero-order valence-corrected chi connectivity index (χ0v) is 17.7. The molecular formula is C21H27ClN2O3S. The minimum Gasteiger partial charge on any atom is -0.382 e. The van der Waals surface area contributed by atoms with Gasteiger partial charge in [-0.05, 0) is 50.3 Å². The lowest BCUT2D eigenvalue weighted by Crippen LogP contribution is -2.51. The summed E-state index contributed by atoms with van der Waals surface area (Å²) < 4.78 is 5.29. The van der Waals surface area contributed by atoms with Crippen molar-refractivity contribution in [3.8, 4) is 0 Å². The Balaban J connectivity index is 1.54. The molecule has 0 bridgehead atoms. The molecule has 1 aromatic carbocycles. The molecule has 0 aromatic heterocycles. The Morgan fingerprint density at radius 3 is 3.00 bits per heavy atom. The van der Waals surface area contributed by atoms with Crippen LogP contribution in [-0.2, 0) is 14.3 Å². The third-order valence-electron chi connectivity index (χ3n) is 5.14. The highest BCUT2D eigenvalue weighted by Crippen LogP contribution is 2.40. The first kappa shape index (κ1) is 21.2. The van der Waals surface area contributed by atoms with Crippen LogP contribution in [0.1, 0.15) is 38.2 Å². The van der Waals surface area contributed by atoms with Gasteiger partial charge in [0.2, 0.25) is 5.91 Å². The van der Waals surface area contributed by atoms with Crippen LogP contribution in [0.3, 0.4) is 0 Å². The molecule has 3 rings (SSSR count). The van der Waals surface area contributed by atoms with Crippen molar-refractivity contribution in [2.24, 2.45) is 5.92 Å². The van der Waals surface area contributed by atoms with Gasteiger partial charge in [0.25, 0.3) is 5.91 Å². The number of benzene rings is 1. The monoisotopic (exact) mass is 422 g/mol. The van der Waals surface area contributed by atoms with E-state index in [1.165, 1.54) is 0 Å². The Labute approximate surface area is 175 Å². The standard InChI is InChI=1S/C21H27ClN2O3S/c1-2-27-11-5-10-23-20(25)15-8-9-18-17(12-15)24-21(26)19(28-18)13-14-6-3-4-7-16(14)22/h3-4,6-7,13,15,17-18H,2,5,8-12H2,1H3,(H,23,25)(H,24,26)/b19-13+. The van der Waals surface area contributed by atoms with Gasteiger partial charge in [0.05, 0.1) is 4.91 Å². The normalized spacial score (nSPS) is 25.9. The maximum Gasteiger partial charge on any atom is 0.257 e. The van der Waals surface area contributed by atoms with E-state index in [0.717, 1.165) is 24.8 Å². The van der Waals surface area contributed by atoms with Crippen LogP contribution in [-0.4, -0.2) is 42.9 Å². The van der Waals surface area contributed by atoms with Crippen molar-refractivity contribution in [2.45, 2.75) is 43.9 Å². The fourth-order valence-corrected chi connectivity index (χ4v) is 5.11. The first-order valence-corrected chi connectivity index (χ1v) is 11.1. The lowest BCUT2D eigenvalue weighted by molar-refractivity contribution is -0.127. The number of ether oxygens (including phenoxy) is 1. The molecule has 2 fully saturated rings. The van der Waals surface area contributed by atoms with Gasteiger partial charge in [-0.15, -0.1) is 11.8 Å². The zero-order chi connectivity index (χ0) is 19.9. The number of halogens is 1. The third kappa shape index (κ3) is 5.52. The molecule has 7 heteroatoms. The summed E-state index contributed by atoms with van der Waals surface area (Å²) in [5, 5.41) is 7.04. The molecule has 5 nitrogen and oxygen atoms in total. The molecular weight excluding hydrogens is 396 g/mol. The number of carbonyl (C=O) groups is 2. The second-order valence-electron chi connectivity index (χ2n) is 7.12. The smallest absolute Gasteiger partial charge is 0.257 e. The van der Waals surface area contributed by atoms with E-state index in [4.69, 9.17) is 16.3 Å². The Morgan fingerprint density at radius 1 is 1.39 bits per heavy atom. The number of thioether (sulfide) groups is 1. The fourth-order valence-electron chi connectivity index (χ4n) is 3.64. The van der Waals surface area contributed by atoms with Crippen molar-refractivity contribution in [3.63, 3.8) is 0 Å². The van der Waals surface area contributed by atoms with Gasteiger partial charge in [-0.3, -0.25) is 9.59 Å². The molecule has 2 aliphatic rings. The average Bonchev–Trinajstić information content (AvgIpc) is 2.69. The van der Waals surface area contributed by atoms with Crippen LogP contribution in [0, 0.1) is 5.92 Å². The number of amides is 2. The minimum absolute atomic E-state index is 0.0359. The number of carbonyl (C=O) groups excluding carboxylic acids is 2. The first-order valence-electron chi connectivity index (χ1n) is 9.87. The van der Waals surface area contributed by atoms with E-state index in [2.05, 4.69) is 10.6 Å². The largest absolute Gasteiger partial charge is 0.382 e. The molecule has 1 aromatic rings. The summed E-state index contributed by atoms with van der Waals surface area (Å²) in [6.07, 6.45) is 5.13. The van der Waals surface area contributed by atoms with E-state index in [-0.39, 0.29) is 23.8 Å². The number of hydrogen-bond donors (Lipinski definition) is 2. The summed E-state index contributed by atoms with van der Waals surface area (Å²) in [6.45, 7) is 3.96. The molecule has 1 aliphatic heterocycles. The highest BCUT2D eigenvalue weighted by molar-refractivity contribution is 8.04. The van der Waals surface area contributed by atoms with Gasteiger partial charge in [-0.1, -0.05) is 29.8 Å². The van der Waals surface area contributed by atoms with Crippen molar-refractivity contribution in [1.29, 1.82) is 0 Å². The van der Waals surface area contributed by atoms with Gasteiger partial charge in [-0.25, -0.2) is 0 Å². The van der Waals surface area contributed by atoms with Crippen LogP contribution < -0.4 is 10.6 Å². The van der Waals surface area contributed by atoms with E-state index in [9.17, 15) is 9.59 Å². The molecule has 1 saturated carbocycles.